The molecule has 12 heavy (non-hydrogen) atoms. The fraction of sp³-hybridized carbons (Fsp3) is 0.333. The van der Waals surface area contributed by atoms with Crippen molar-refractivity contribution < 1.29 is 17.0 Å². The van der Waals surface area contributed by atoms with Gasteiger partial charge in [-0.15, -0.1) is 5.56 Å². The fourth-order valence-electron chi connectivity index (χ4n) is 0.870. The van der Waals surface area contributed by atoms with Crippen molar-refractivity contribution in [3.8, 4) is 0 Å². The fourth-order valence-corrected chi connectivity index (χ4v) is 0.870. The Bertz CT molecular complexity index is 189. The summed E-state index contributed by atoms with van der Waals surface area (Å²) < 4.78 is 0. The maximum absolute atomic E-state index is 3.16. The van der Waals surface area contributed by atoms with Crippen LogP contribution in [0.5, 0.6) is 0 Å². The van der Waals surface area contributed by atoms with E-state index in [0.29, 0.717) is 0 Å². The first-order valence-electron chi connectivity index (χ1n) is 3.39. The molecule has 0 unspecified atom stereocenters. The van der Waals surface area contributed by atoms with Gasteiger partial charge in [0.25, 0.3) is 0 Å². The van der Waals surface area contributed by atoms with Crippen LogP contribution in [0.1, 0.15) is 5.56 Å². The molecule has 0 aliphatic carbocycles. The number of hydrogen-bond acceptors (Lipinski definition) is 1. The zero-order chi connectivity index (χ0) is 7.40. The molecule has 1 nitrogen and oxygen atoms in total. The second-order valence-corrected chi connectivity index (χ2v) is 2.63. The molecule has 1 aromatic rings. The standard InChI is InChI=1S/C9H12N.BrH.Mg/c1-10(2)8-9-6-4-3-5-7-9;;/h3-6H,8H2,1-2H3;1H;/q-1;;+2/p-1. The van der Waals surface area contributed by atoms with E-state index >= 15 is 0 Å². The van der Waals surface area contributed by atoms with Crippen molar-refractivity contribution in [1.29, 1.82) is 0 Å². The van der Waals surface area contributed by atoms with Crippen LogP contribution in [0.4, 0.5) is 0 Å². The number of nitrogens with zero attached hydrogens (tertiary/aromatic N) is 1. The van der Waals surface area contributed by atoms with E-state index in [1.54, 1.807) is 0 Å². The summed E-state index contributed by atoms with van der Waals surface area (Å²) >= 11 is 0. The van der Waals surface area contributed by atoms with E-state index < -0.39 is 0 Å². The second-order valence-electron chi connectivity index (χ2n) is 2.63. The molecule has 0 aliphatic heterocycles. The molecule has 0 heterocycles. The Morgan fingerprint density at radius 1 is 1.33 bits per heavy atom. The van der Waals surface area contributed by atoms with E-state index in [4.69, 9.17) is 0 Å². The zero-order valence-electron chi connectivity index (χ0n) is 7.55. The van der Waals surface area contributed by atoms with Crippen LogP contribution >= 0.6 is 0 Å². The monoisotopic (exact) mass is 237 g/mol. The minimum atomic E-state index is 0. The van der Waals surface area contributed by atoms with Crippen molar-refractivity contribution in [3.05, 3.63) is 35.9 Å². The van der Waals surface area contributed by atoms with Gasteiger partial charge in [0.1, 0.15) is 0 Å². The molecule has 0 amide bonds. The summed E-state index contributed by atoms with van der Waals surface area (Å²) in [6.07, 6.45) is 0. The molecule has 0 spiro atoms. The van der Waals surface area contributed by atoms with Gasteiger partial charge in [0.2, 0.25) is 0 Å². The molecule has 0 aromatic heterocycles. The smallest absolute Gasteiger partial charge is 1.00 e. The Labute approximate surface area is 101 Å². The molecule has 1 rings (SSSR count). The van der Waals surface area contributed by atoms with Crippen LogP contribution in [-0.2, 0) is 6.54 Å². The van der Waals surface area contributed by atoms with Gasteiger partial charge >= 0.3 is 23.1 Å². The normalized spacial score (nSPS) is 8.58. The maximum Gasteiger partial charge on any atom is 2.00 e. The van der Waals surface area contributed by atoms with Crippen LogP contribution in [0.3, 0.4) is 0 Å². The molecule has 3 heteroatoms. The van der Waals surface area contributed by atoms with Crippen molar-refractivity contribution in [2.24, 2.45) is 0 Å². The van der Waals surface area contributed by atoms with Gasteiger partial charge in [0, 0.05) is 6.54 Å². The van der Waals surface area contributed by atoms with Crippen molar-refractivity contribution in [2.75, 3.05) is 14.1 Å². The molecular weight excluding hydrogens is 226 g/mol. The van der Waals surface area contributed by atoms with E-state index in [-0.39, 0.29) is 40.0 Å². The van der Waals surface area contributed by atoms with Crippen LogP contribution < -0.4 is 17.0 Å². The van der Waals surface area contributed by atoms with E-state index in [2.05, 4.69) is 31.1 Å². The van der Waals surface area contributed by atoms with Gasteiger partial charge in [-0.3, -0.25) is 0 Å². The average molecular weight is 238 g/mol. The van der Waals surface area contributed by atoms with Gasteiger partial charge in [-0.1, -0.05) is 0 Å². The van der Waals surface area contributed by atoms with Gasteiger partial charge < -0.3 is 21.9 Å². The van der Waals surface area contributed by atoms with Gasteiger partial charge in [-0.25, -0.2) is 0 Å². The molecule has 0 saturated carbocycles. The summed E-state index contributed by atoms with van der Waals surface area (Å²) in [5.41, 5.74) is 1.24. The Hall–Kier alpha value is 0.426. The zero-order valence-corrected chi connectivity index (χ0v) is 10.5. The first-order valence-corrected chi connectivity index (χ1v) is 3.39. The second kappa shape index (κ2) is 8.04. The first kappa shape index (κ1) is 14.9. The predicted octanol–water partition coefficient (Wildman–Crippen LogP) is -1.83. The summed E-state index contributed by atoms with van der Waals surface area (Å²) in [6.45, 7) is 0.973. The van der Waals surface area contributed by atoms with Gasteiger partial charge in [0.15, 0.2) is 0 Å². The van der Waals surface area contributed by atoms with Crippen molar-refractivity contribution >= 4 is 23.1 Å². The quantitative estimate of drug-likeness (QED) is 0.433. The van der Waals surface area contributed by atoms with E-state index in [0.717, 1.165) is 6.54 Å². The number of rotatable bonds is 2. The third-order valence-corrected chi connectivity index (χ3v) is 1.26. The SMILES string of the molecule is CN(C)Cc1[c-]cccc1.[Br-].[Mg+2]. The van der Waals surface area contributed by atoms with Crippen LogP contribution in [0.15, 0.2) is 24.3 Å². The molecule has 0 atom stereocenters. The maximum atomic E-state index is 3.16. The Balaban J connectivity index is 0. The Kier molecular flexibility index (Phi) is 10.0. The number of hydrogen-bond donors (Lipinski definition) is 0. The topological polar surface area (TPSA) is 3.24 Å². The van der Waals surface area contributed by atoms with Crippen molar-refractivity contribution in [1.82, 2.24) is 4.90 Å². The van der Waals surface area contributed by atoms with Crippen LogP contribution in [-0.4, -0.2) is 42.0 Å². The third kappa shape index (κ3) is 6.00. The van der Waals surface area contributed by atoms with E-state index in [1.807, 2.05) is 18.2 Å². The van der Waals surface area contributed by atoms with Crippen molar-refractivity contribution in [2.45, 2.75) is 6.54 Å². The van der Waals surface area contributed by atoms with E-state index in [1.165, 1.54) is 5.56 Å². The summed E-state index contributed by atoms with van der Waals surface area (Å²) in [5, 5.41) is 0. The molecule has 0 saturated heterocycles. The molecule has 0 fully saturated rings. The van der Waals surface area contributed by atoms with Crippen molar-refractivity contribution in [3.63, 3.8) is 0 Å². The molecule has 0 radical (unpaired) electrons. The summed E-state index contributed by atoms with van der Waals surface area (Å²) in [4.78, 5) is 2.13. The molecule has 1 aromatic carbocycles. The summed E-state index contributed by atoms with van der Waals surface area (Å²) in [6, 6.07) is 11.2. The largest absolute Gasteiger partial charge is 2.00 e. The van der Waals surface area contributed by atoms with Gasteiger partial charge in [0.05, 0.1) is 0 Å². The van der Waals surface area contributed by atoms with Crippen LogP contribution in [0.2, 0.25) is 0 Å². The first-order chi connectivity index (χ1) is 4.79. The molecule has 0 aliphatic rings. The summed E-state index contributed by atoms with van der Waals surface area (Å²) in [7, 11) is 4.11. The predicted molar refractivity (Wildman–Crippen MR) is 48.4 cm³/mol. The number of halogens is 1. The van der Waals surface area contributed by atoms with Crippen LogP contribution in [0, 0.1) is 6.07 Å². The molecular formula is C9H12BrMgN. The van der Waals surface area contributed by atoms with Gasteiger partial charge in [-0.05, 0) is 14.1 Å². The van der Waals surface area contributed by atoms with E-state index in [9.17, 15) is 0 Å². The third-order valence-electron chi connectivity index (χ3n) is 1.26. The summed E-state index contributed by atoms with van der Waals surface area (Å²) in [5.74, 6) is 0. The average Bonchev–Trinajstić information content (AvgIpc) is 1.88. The molecule has 0 bridgehead atoms. The Morgan fingerprint density at radius 3 is 2.42 bits per heavy atom. The van der Waals surface area contributed by atoms with Gasteiger partial charge in [-0.2, -0.15) is 30.3 Å². The molecule has 0 N–H and O–H groups in total. The Morgan fingerprint density at radius 2 is 2.00 bits per heavy atom. The molecule has 62 valence electrons. The van der Waals surface area contributed by atoms with Crippen LogP contribution in [0.25, 0.3) is 0 Å². The number of benzene rings is 1. The minimum Gasteiger partial charge on any atom is -1.00 e. The minimum absolute atomic E-state index is 0.